The summed E-state index contributed by atoms with van der Waals surface area (Å²) in [5.74, 6) is 0.594. The summed E-state index contributed by atoms with van der Waals surface area (Å²) in [4.78, 5) is 15.4. The molecule has 0 radical (unpaired) electrons. The molecule has 1 aromatic carbocycles. The number of likely N-dealkylation sites (tertiary alicyclic amines) is 1. The lowest BCUT2D eigenvalue weighted by Gasteiger charge is -2.28. The van der Waals surface area contributed by atoms with E-state index >= 15 is 0 Å². The largest absolute Gasteiger partial charge is 0.360 e. The van der Waals surface area contributed by atoms with Crippen molar-refractivity contribution in [1.29, 1.82) is 0 Å². The summed E-state index contributed by atoms with van der Waals surface area (Å²) in [6.45, 7) is 2.32. The van der Waals surface area contributed by atoms with E-state index in [1.54, 1.807) is 0 Å². The molecular weight excluding hydrogens is 320 g/mol. The van der Waals surface area contributed by atoms with Gasteiger partial charge in [0.05, 0.1) is 22.2 Å². The highest BCUT2D eigenvalue weighted by atomic mass is 15.1. The standard InChI is InChI=1S/C22H22N4/c1-26-12-9-15(10-13-26)18-14-24-21-7-6-20(25-22(18)21)17-8-11-23-19-5-3-2-4-16(17)19/h2-8,11,14-15,24H,9-10,12-13H2,1H3. The smallest absolute Gasteiger partial charge is 0.0921 e. The number of pyridine rings is 2. The Labute approximate surface area is 152 Å². The van der Waals surface area contributed by atoms with E-state index < -0.39 is 0 Å². The van der Waals surface area contributed by atoms with E-state index in [0.29, 0.717) is 5.92 Å². The summed E-state index contributed by atoms with van der Waals surface area (Å²) in [5, 5.41) is 1.15. The van der Waals surface area contributed by atoms with Crippen LogP contribution in [-0.2, 0) is 0 Å². The summed E-state index contributed by atoms with van der Waals surface area (Å²) >= 11 is 0. The summed E-state index contributed by atoms with van der Waals surface area (Å²) in [7, 11) is 2.20. The molecule has 0 atom stereocenters. The number of aromatic nitrogens is 3. The van der Waals surface area contributed by atoms with Gasteiger partial charge in [0.2, 0.25) is 0 Å². The van der Waals surface area contributed by atoms with E-state index in [2.05, 4.69) is 64.5 Å². The number of aromatic amines is 1. The zero-order valence-corrected chi connectivity index (χ0v) is 14.9. The Kier molecular flexibility index (Phi) is 3.71. The molecule has 1 N–H and O–H groups in total. The number of piperidine rings is 1. The van der Waals surface area contributed by atoms with Crippen LogP contribution in [0, 0.1) is 0 Å². The fourth-order valence-corrected chi connectivity index (χ4v) is 4.12. The number of H-pyrrole nitrogens is 1. The molecule has 4 nitrogen and oxygen atoms in total. The minimum absolute atomic E-state index is 0.594. The molecular formula is C22H22N4. The van der Waals surface area contributed by atoms with Gasteiger partial charge >= 0.3 is 0 Å². The van der Waals surface area contributed by atoms with Crippen LogP contribution in [0.4, 0.5) is 0 Å². The van der Waals surface area contributed by atoms with Crippen molar-refractivity contribution in [2.75, 3.05) is 20.1 Å². The van der Waals surface area contributed by atoms with E-state index in [1.807, 2.05) is 12.3 Å². The van der Waals surface area contributed by atoms with E-state index in [-0.39, 0.29) is 0 Å². The van der Waals surface area contributed by atoms with Crippen molar-refractivity contribution in [2.45, 2.75) is 18.8 Å². The van der Waals surface area contributed by atoms with Crippen molar-refractivity contribution < 1.29 is 0 Å². The van der Waals surface area contributed by atoms with Crippen LogP contribution in [0.5, 0.6) is 0 Å². The highest BCUT2D eigenvalue weighted by Crippen LogP contribution is 2.34. The number of nitrogens with zero attached hydrogens (tertiary/aromatic N) is 3. The topological polar surface area (TPSA) is 44.8 Å². The van der Waals surface area contributed by atoms with Crippen LogP contribution in [0.25, 0.3) is 33.2 Å². The molecule has 5 rings (SSSR count). The first-order chi connectivity index (χ1) is 12.8. The number of benzene rings is 1. The van der Waals surface area contributed by atoms with Gasteiger partial charge in [-0.1, -0.05) is 18.2 Å². The number of rotatable bonds is 2. The van der Waals surface area contributed by atoms with Gasteiger partial charge in [-0.15, -0.1) is 0 Å². The van der Waals surface area contributed by atoms with Crippen LogP contribution >= 0.6 is 0 Å². The summed E-state index contributed by atoms with van der Waals surface area (Å²) < 4.78 is 0. The molecule has 0 saturated carbocycles. The number of fused-ring (bicyclic) bond motifs is 2. The lowest BCUT2D eigenvalue weighted by atomic mass is 9.90. The molecule has 1 fully saturated rings. The molecule has 4 aromatic rings. The number of hydrogen-bond acceptors (Lipinski definition) is 3. The summed E-state index contributed by atoms with van der Waals surface area (Å²) in [5.41, 5.74) is 6.79. The van der Waals surface area contributed by atoms with Gasteiger partial charge in [0, 0.05) is 23.3 Å². The zero-order valence-electron chi connectivity index (χ0n) is 14.9. The van der Waals surface area contributed by atoms with E-state index in [0.717, 1.165) is 46.3 Å². The second-order valence-corrected chi connectivity index (χ2v) is 7.29. The Morgan fingerprint density at radius 2 is 1.88 bits per heavy atom. The fraction of sp³-hybridized carbons (Fsp3) is 0.273. The highest BCUT2D eigenvalue weighted by molar-refractivity contribution is 5.94. The molecule has 1 saturated heterocycles. The van der Waals surface area contributed by atoms with Gasteiger partial charge in [-0.25, -0.2) is 4.98 Å². The molecule has 0 unspecified atom stereocenters. The van der Waals surface area contributed by atoms with Gasteiger partial charge in [-0.3, -0.25) is 4.98 Å². The molecule has 0 bridgehead atoms. The van der Waals surface area contributed by atoms with Gasteiger partial charge in [0.1, 0.15) is 0 Å². The molecule has 4 heteroatoms. The number of hydrogen-bond donors (Lipinski definition) is 1. The number of para-hydroxylation sites is 1. The monoisotopic (exact) mass is 342 g/mol. The molecule has 26 heavy (non-hydrogen) atoms. The van der Waals surface area contributed by atoms with Crippen molar-refractivity contribution in [1.82, 2.24) is 19.9 Å². The van der Waals surface area contributed by atoms with Crippen LogP contribution in [0.2, 0.25) is 0 Å². The van der Waals surface area contributed by atoms with Gasteiger partial charge < -0.3 is 9.88 Å². The molecule has 4 heterocycles. The first kappa shape index (κ1) is 15.5. The third kappa shape index (κ3) is 2.58. The third-order valence-electron chi connectivity index (χ3n) is 5.64. The molecule has 1 aliphatic heterocycles. The van der Waals surface area contributed by atoms with Gasteiger partial charge in [-0.2, -0.15) is 0 Å². The lowest BCUT2D eigenvalue weighted by Crippen LogP contribution is -2.29. The Morgan fingerprint density at radius 3 is 2.77 bits per heavy atom. The Bertz CT molecular complexity index is 1070. The maximum absolute atomic E-state index is 5.08. The van der Waals surface area contributed by atoms with Crippen LogP contribution in [0.3, 0.4) is 0 Å². The van der Waals surface area contributed by atoms with E-state index in [9.17, 15) is 0 Å². The summed E-state index contributed by atoms with van der Waals surface area (Å²) in [6.07, 6.45) is 6.45. The van der Waals surface area contributed by atoms with Crippen molar-refractivity contribution in [3.63, 3.8) is 0 Å². The predicted molar refractivity (Wildman–Crippen MR) is 106 cm³/mol. The number of nitrogens with one attached hydrogen (secondary N) is 1. The van der Waals surface area contributed by atoms with Crippen LogP contribution in [0.1, 0.15) is 24.3 Å². The molecule has 1 aliphatic rings. The van der Waals surface area contributed by atoms with Gasteiger partial charge in [0.15, 0.2) is 0 Å². The SMILES string of the molecule is CN1CCC(c2c[nH]c3ccc(-c4ccnc5ccccc45)nc23)CC1. The third-order valence-corrected chi connectivity index (χ3v) is 5.64. The molecule has 0 spiro atoms. The fourth-order valence-electron chi connectivity index (χ4n) is 4.12. The normalized spacial score (nSPS) is 16.5. The van der Waals surface area contributed by atoms with Crippen molar-refractivity contribution in [3.05, 3.63) is 60.4 Å². The van der Waals surface area contributed by atoms with E-state index in [1.165, 1.54) is 18.4 Å². The van der Waals surface area contributed by atoms with Crippen LogP contribution in [-0.4, -0.2) is 40.0 Å². The van der Waals surface area contributed by atoms with Crippen LogP contribution in [0.15, 0.2) is 54.9 Å². The van der Waals surface area contributed by atoms with E-state index in [4.69, 9.17) is 4.98 Å². The van der Waals surface area contributed by atoms with Crippen molar-refractivity contribution in [2.24, 2.45) is 0 Å². The quantitative estimate of drug-likeness (QED) is 0.579. The lowest BCUT2D eigenvalue weighted by molar-refractivity contribution is 0.256. The first-order valence-corrected chi connectivity index (χ1v) is 9.30. The van der Waals surface area contributed by atoms with Crippen molar-refractivity contribution >= 4 is 21.9 Å². The van der Waals surface area contributed by atoms with Crippen molar-refractivity contribution in [3.8, 4) is 11.3 Å². The second-order valence-electron chi connectivity index (χ2n) is 7.29. The first-order valence-electron chi connectivity index (χ1n) is 9.30. The zero-order chi connectivity index (χ0) is 17.5. The second kappa shape index (κ2) is 6.22. The molecule has 130 valence electrons. The molecule has 3 aromatic heterocycles. The van der Waals surface area contributed by atoms with Crippen LogP contribution < -0.4 is 0 Å². The Morgan fingerprint density at radius 1 is 1.04 bits per heavy atom. The van der Waals surface area contributed by atoms with Gasteiger partial charge in [-0.05, 0) is 68.7 Å². The average Bonchev–Trinajstić information content (AvgIpc) is 3.11. The molecule has 0 amide bonds. The average molecular weight is 342 g/mol. The highest BCUT2D eigenvalue weighted by Gasteiger charge is 2.22. The summed E-state index contributed by atoms with van der Waals surface area (Å²) in [6, 6.07) is 14.6. The maximum Gasteiger partial charge on any atom is 0.0921 e. The Hall–Kier alpha value is -2.72. The minimum Gasteiger partial charge on any atom is -0.360 e. The molecule has 0 aliphatic carbocycles. The minimum atomic E-state index is 0.594. The maximum atomic E-state index is 5.08. The van der Waals surface area contributed by atoms with Gasteiger partial charge in [0.25, 0.3) is 0 Å². The Balaban J connectivity index is 1.62. The predicted octanol–water partition coefficient (Wildman–Crippen LogP) is 4.59.